The molecule has 2 aromatic rings. The van der Waals surface area contributed by atoms with Crippen molar-refractivity contribution in [2.45, 2.75) is 25.8 Å². The number of nitrogens with zero attached hydrogens (tertiary/aromatic N) is 7. The Morgan fingerprint density at radius 2 is 2.12 bits per heavy atom. The van der Waals surface area contributed by atoms with Gasteiger partial charge in [0.05, 0.1) is 23.7 Å². The molecule has 0 radical (unpaired) electrons. The van der Waals surface area contributed by atoms with Gasteiger partial charge in [-0.1, -0.05) is 0 Å². The number of rotatable bonds is 3. The van der Waals surface area contributed by atoms with E-state index in [0.29, 0.717) is 36.8 Å². The average molecular weight is 351 g/mol. The molecule has 0 bridgehead atoms. The minimum absolute atomic E-state index is 0.123. The highest BCUT2D eigenvalue weighted by atomic mass is 16.2. The van der Waals surface area contributed by atoms with Gasteiger partial charge in [-0.2, -0.15) is 10.4 Å². The van der Waals surface area contributed by atoms with Crippen molar-refractivity contribution in [2.75, 3.05) is 24.5 Å². The number of nitriles is 1. The van der Waals surface area contributed by atoms with Gasteiger partial charge in [-0.25, -0.2) is 9.97 Å². The van der Waals surface area contributed by atoms with Crippen LogP contribution in [0.15, 0.2) is 18.6 Å². The maximum absolute atomic E-state index is 12.4. The maximum Gasteiger partial charge on any atom is 0.226 e. The van der Waals surface area contributed by atoms with Crippen LogP contribution in [0, 0.1) is 17.2 Å². The van der Waals surface area contributed by atoms with Crippen LogP contribution in [0.1, 0.15) is 25.3 Å². The van der Waals surface area contributed by atoms with Gasteiger partial charge >= 0.3 is 0 Å². The summed E-state index contributed by atoms with van der Waals surface area (Å²) in [7, 11) is 1.83. The second-order valence-electron chi connectivity index (χ2n) is 7.05. The van der Waals surface area contributed by atoms with Crippen LogP contribution in [0.5, 0.6) is 0 Å². The molecule has 1 amide bonds. The number of anilines is 1. The second-order valence-corrected chi connectivity index (χ2v) is 7.05. The molecule has 1 unspecified atom stereocenters. The Morgan fingerprint density at radius 3 is 2.73 bits per heavy atom. The molecular formula is C18H21N7O. The summed E-state index contributed by atoms with van der Waals surface area (Å²) in [6.07, 6.45) is 7.15. The van der Waals surface area contributed by atoms with Crippen LogP contribution >= 0.6 is 0 Å². The fourth-order valence-corrected chi connectivity index (χ4v) is 3.40. The molecule has 2 fully saturated rings. The highest BCUT2D eigenvalue weighted by Gasteiger charge is 2.37. The van der Waals surface area contributed by atoms with Gasteiger partial charge in [0.1, 0.15) is 6.07 Å². The summed E-state index contributed by atoms with van der Waals surface area (Å²) < 4.78 is 1.68. The topological polar surface area (TPSA) is 90.9 Å². The normalized spacial score (nSPS) is 20.1. The number of hydrogen-bond acceptors (Lipinski definition) is 6. The lowest BCUT2D eigenvalue weighted by atomic mass is 10.1. The molecule has 3 heterocycles. The molecule has 0 aromatic carbocycles. The number of aryl methyl sites for hydroxylation is 1. The van der Waals surface area contributed by atoms with Gasteiger partial charge < -0.3 is 9.80 Å². The molecule has 8 heteroatoms. The fraction of sp³-hybridized carbons (Fsp3) is 0.500. The summed E-state index contributed by atoms with van der Waals surface area (Å²) in [4.78, 5) is 25.5. The summed E-state index contributed by atoms with van der Waals surface area (Å²) >= 11 is 0. The van der Waals surface area contributed by atoms with E-state index >= 15 is 0 Å². The Morgan fingerprint density at radius 1 is 1.31 bits per heavy atom. The maximum atomic E-state index is 12.4. The van der Waals surface area contributed by atoms with E-state index in [9.17, 15) is 10.1 Å². The van der Waals surface area contributed by atoms with E-state index in [2.05, 4.69) is 33.0 Å². The lowest BCUT2D eigenvalue weighted by Gasteiger charge is -2.40. The summed E-state index contributed by atoms with van der Waals surface area (Å²) in [5.41, 5.74) is 1.82. The standard InChI is InChI=1S/C18H21N7O/c1-12-10-24(5-6-25(12)17(26)13-3-4-13)18-20-8-14(7-19)16(22-18)15-9-21-23(2)11-15/h8-9,11-13H,3-6,10H2,1-2H3. The molecule has 1 atom stereocenters. The molecule has 0 N–H and O–H groups in total. The van der Waals surface area contributed by atoms with Gasteiger partial charge in [0.15, 0.2) is 0 Å². The van der Waals surface area contributed by atoms with Crippen LogP contribution in [0.3, 0.4) is 0 Å². The van der Waals surface area contributed by atoms with Crippen molar-refractivity contribution in [3.63, 3.8) is 0 Å². The van der Waals surface area contributed by atoms with Gasteiger partial charge in [0.25, 0.3) is 0 Å². The number of amides is 1. The first-order chi connectivity index (χ1) is 12.6. The van der Waals surface area contributed by atoms with Gasteiger partial charge in [0.2, 0.25) is 11.9 Å². The molecule has 8 nitrogen and oxygen atoms in total. The molecule has 2 aliphatic rings. The molecular weight excluding hydrogens is 330 g/mol. The lowest BCUT2D eigenvalue weighted by molar-refractivity contribution is -0.134. The Labute approximate surface area is 152 Å². The van der Waals surface area contributed by atoms with E-state index in [0.717, 1.165) is 18.4 Å². The zero-order valence-corrected chi connectivity index (χ0v) is 15.0. The number of aromatic nitrogens is 4. The van der Waals surface area contributed by atoms with E-state index in [-0.39, 0.29) is 17.9 Å². The molecule has 0 spiro atoms. The molecule has 2 aromatic heterocycles. The van der Waals surface area contributed by atoms with E-state index in [1.54, 1.807) is 17.1 Å². The van der Waals surface area contributed by atoms with Gasteiger partial charge in [-0.3, -0.25) is 9.48 Å². The van der Waals surface area contributed by atoms with Crippen molar-refractivity contribution in [2.24, 2.45) is 13.0 Å². The molecule has 26 heavy (non-hydrogen) atoms. The largest absolute Gasteiger partial charge is 0.337 e. The van der Waals surface area contributed by atoms with Crippen molar-refractivity contribution >= 4 is 11.9 Å². The third kappa shape index (κ3) is 3.01. The fourth-order valence-electron chi connectivity index (χ4n) is 3.40. The Bertz CT molecular complexity index is 880. The molecule has 1 saturated heterocycles. The highest BCUT2D eigenvalue weighted by Crippen LogP contribution is 2.32. The van der Waals surface area contributed by atoms with E-state index in [4.69, 9.17) is 0 Å². The van der Waals surface area contributed by atoms with Gasteiger partial charge in [-0.15, -0.1) is 0 Å². The van der Waals surface area contributed by atoms with E-state index in [1.165, 1.54) is 0 Å². The van der Waals surface area contributed by atoms with E-state index < -0.39 is 0 Å². The van der Waals surface area contributed by atoms with Crippen LogP contribution < -0.4 is 4.90 Å². The summed E-state index contributed by atoms with van der Waals surface area (Å²) in [5, 5.41) is 13.5. The van der Waals surface area contributed by atoms with Crippen LogP contribution in [-0.4, -0.2) is 56.2 Å². The van der Waals surface area contributed by atoms with Crippen molar-refractivity contribution in [1.29, 1.82) is 5.26 Å². The third-order valence-electron chi connectivity index (χ3n) is 4.99. The Hall–Kier alpha value is -2.95. The minimum Gasteiger partial charge on any atom is -0.337 e. The quantitative estimate of drug-likeness (QED) is 0.825. The first-order valence-electron chi connectivity index (χ1n) is 8.88. The zero-order chi connectivity index (χ0) is 18.3. The van der Waals surface area contributed by atoms with Crippen molar-refractivity contribution < 1.29 is 4.79 Å². The zero-order valence-electron chi connectivity index (χ0n) is 15.0. The average Bonchev–Trinajstić information content (AvgIpc) is 3.41. The smallest absolute Gasteiger partial charge is 0.226 e. The number of carbonyl (C=O) groups is 1. The van der Waals surface area contributed by atoms with Gasteiger partial charge in [-0.05, 0) is 19.8 Å². The van der Waals surface area contributed by atoms with Crippen LogP contribution in [-0.2, 0) is 11.8 Å². The van der Waals surface area contributed by atoms with Crippen molar-refractivity contribution in [3.05, 3.63) is 24.2 Å². The van der Waals surface area contributed by atoms with Crippen LogP contribution in [0.2, 0.25) is 0 Å². The molecule has 134 valence electrons. The number of carbonyl (C=O) groups excluding carboxylic acids is 1. The highest BCUT2D eigenvalue weighted by molar-refractivity contribution is 5.81. The van der Waals surface area contributed by atoms with E-state index in [1.807, 2.05) is 18.1 Å². The van der Waals surface area contributed by atoms with Crippen molar-refractivity contribution in [1.82, 2.24) is 24.6 Å². The SMILES string of the molecule is CC1CN(c2ncc(C#N)c(-c3cnn(C)c3)n2)CCN1C(=O)C1CC1. The predicted molar refractivity (Wildman–Crippen MR) is 95.1 cm³/mol. The number of piperazine rings is 1. The lowest BCUT2D eigenvalue weighted by Crippen LogP contribution is -2.55. The summed E-state index contributed by atoms with van der Waals surface area (Å²) in [6.45, 7) is 4.14. The summed E-state index contributed by atoms with van der Waals surface area (Å²) in [5.74, 6) is 1.12. The summed E-state index contributed by atoms with van der Waals surface area (Å²) in [6, 6.07) is 2.27. The number of hydrogen-bond donors (Lipinski definition) is 0. The Balaban J connectivity index is 1.57. The molecule has 1 aliphatic heterocycles. The van der Waals surface area contributed by atoms with Gasteiger partial charge in [0, 0.05) is 50.4 Å². The van der Waals surface area contributed by atoms with Crippen LogP contribution in [0.25, 0.3) is 11.3 Å². The van der Waals surface area contributed by atoms with Crippen molar-refractivity contribution in [3.8, 4) is 17.3 Å². The third-order valence-corrected chi connectivity index (χ3v) is 4.99. The minimum atomic E-state index is 0.123. The monoisotopic (exact) mass is 351 g/mol. The Kier molecular flexibility index (Phi) is 4.07. The molecule has 4 rings (SSSR count). The predicted octanol–water partition coefficient (Wildman–Crippen LogP) is 1.20. The first kappa shape index (κ1) is 16.5. The molecule has 1 saturated carbocycles. The first-order valence-corrected chi connectivity index (χ1v) is 8.88. The molecule has 1 aliphatic carbocycles. The second kappa shape index (κ2) is 6.41. The van der Waals surface area contributed by atoms with Crippen LogP contribution in [0.4, 0.5) is 5.95 Å².